The molecule has 2 heteroatoms. The van der Waals surface area contributed by atoms with Gasteiger partial charge in [-0.3, -0.25) is 4.79 Å². The molecule has 1 rings (SSSR count). The van der Waals surface area contributed by atoms with Crippen LogP contribution in [0.3, 0.4) is 0 Å². The smallest absolute Gasteiger partial charge is 0.226 e. The Morgan fingerprint density at radius 1 is 1.21 bits per heavy atom. The van der Waals surface area contributed by atoms with Gasteiger partial charge >= 0.3 is 0 Å². The van der Waals surface area contributed by atoms with Gasteiger partial charge in [-0.05, 0) is 31.1 Å². The topological polar surface area (TPSA) is 20.3 Å². The van der Waals surface area contributed by atoms with Crippen LogP contribution in [0.2, 0.25) is 0 Å². The van der Waals surface area contributed by atoms with Gasteiger partial charge in [-0.25, -0.2) is 0 Å². The molecule has 4 atom stereocenters. The van der Waals surface area contributed by atoms with Gasteiger partial charge in [0, 0.05) is 18.5 Å². The van der Waals surface area contributed by atoms with Gasteiger partial charge in [-0.2, -0.15) is 0 Å². The second-order valence-electron chi connectivity index (χ2n) is 6.34. The Kier molecular flexibility index (Phi) is 8.36. The Labute approximate surface area is 120 Å². The van der Waals surface area contributed by atoms with Gasteiger partial charge in [-0.1, -0.05) is 54.9 Å². The third-order valence-electron chi connectivity index (χ3n) is 4.33. The van der Waals surface area contributed by atoms with Gasteiger partial charge in [0.1, 0.15) is 0 Å². The van der Waals surface area contributed by atoms with E-state index in [1.54, 1.807) is 0 Å². The van der Waals surface area contributed by atoms with Crippen molar-refractivity contribution >= 4 is 5.91 Å². The van der Waals surface area contributed by atoms with Gasteiger partial charge in [0.25, 0.3) is 0 Å². The first-order chi connectivity index (χ1) is 8.88. The van der Waals surface area contributed by atoms with Crippen molar-refractivity contribution in [2.24, 2.45) is 23.7 Å². The molecule has 1 heterocycles. The van der Waals surface area contributed by atoms with Crippen LogP contribution in [0.1, 0.15) is 68.2 Å². The third-order valence-corrected chi connectivity index (χ3v) is 4.33. The highest BCUT2D eigenvalue weighted by Crippen LogP contribution is 2.30. The number of carbonyl (C=O) groups excluding carboxylic acids is 1. The first kappa shape index (κ1) is 18.5. The average Bonchev–Trinajstić information content (AvgIpc) is 2.70. The van der Waals surface area contributed by atoms with E-state index in [0.717, 1.165) is 19.4 Å². The van der Waals surface area contributed by atoms with E-state index in [9.17, 15) is 4.79 Å². The highest BCUT2D eigenvalue weighted by atomic mass is 16.2. The normalized spacial score (nSPS) is 25.8. The second kappa shape index (κ2) is 8.60. The maximum Gasteiger partial charge on any atom is 0.226 e. The molecule has 19 heavy (non-hydrogen) atoms. The minimum atomic E-state index is 0.202. The summed E-state index contributed by atoms with van der Waals surface area (Å²) in [4.78, 5) is 14.8. The van der Waals surface area contributed by atoms with E-state index in [1.165, 1.54) is 0 Å². The molecule has 114 valence electrons. The molecule has 1 amide bonds. The van der Waals surface area contributed by atoms with Crippen LogP contribution in [0.15, 0.2) is 0 Å². The second-order valence-corrected chi connectivity index (χ2v) is 6.34. The number of rotatable bonds is 4. The van der Waals surface area contributed by atoms with E-state index in [0.29, 0.717) is 29.7 Å². The minimum Gasteiger partial charge on any atom is -0.339 e. The SMILES string of the molecule is CC.CCC(C)C(C(=O)N1CC(C)C[C@H]1C)C(C)C. The Morgan fingerprint density at radius 3 is 2.05 bits per heavy atom. The molecule has 1 fully saturated rings. The molecule has 0 spiro atoms. The number of likely N-dealkylation sites (tertiary alicyclic amines) is 1. The number of carbonyl (C=O) groups is 1. The number of amides is 1. The lowest BCUT2D eigenvalue weighted by Gasteiger charge is -2.32. The summed E-state index contributed by atoms with van der Waals surface area (Å²) in [6, 6.07) is 0.433. The fraction of sp³-hybridized carbons (Fsp3) is 0.941. The summed E-state index contributed by atoms with van der Waals surface area (Å²) < 4.78 is 0. The van der Waals surface area contributed by atoms with Crippen LogP contribution in [0.25, 0.3) is 0 Å². The summed E-state index contributed by atoms with van der Waals surface area (Å²) >= 11 is 0. The first-order valence-electron chi connectivity index (χ1n) is 8.18. The van der Waals surface area contributed by atoms with Gasteiger partial charge in [0.2, 0.25) is 5.91 Å². The van der Waals surface area contributed by atoms with Crippen molar-refractivity contribution in [1.82, 2.24) is 4.90 Å². The van der Waals surface area contributed by atoms with Crippen LogP contribution in [0, 0.1) is 23.7 Å². The molecule has 0 N–H and O–H groups in total. The Morgan fingerprint density at radius 2 is 1.74 bits per heavy atom. The lowest BCUT2D eigenvalue weighted by atomic mass is 9.82. The van der Waals surface area contributed by atoms with E-state index < -0.39 is 0 Å². The third kappa shape index (κ3) is 4.81. The summed E-state index contributed by atoms with van der Waals surface area (Å²) in [5, 5.41) is 0. The molecular weight excluding hydrogens is 234 g/mol. The zero-order chi connectivity index (χ0) is 15.2. The Hall–Kier alpha value is -0.530. The molecular formula is C17H35NO. The Balaban J connectivity index is 0.00000154. The van der Waals surface area contributed by atoms with Crippen LogP contribution in [0.5, 0.6) is 0 Å². The van der Waals surface area contributed by atoms with Gasteiger partial charge in [-0.15, -0.1) is 0 Å². The molecule has 2 nitrogen and oxygen atoms in total. The monoisotopic (exact) mass is 269 g/mol. The van der Waals surface area contributed by atoms with Crippen molar-refractivity contribution in [1.29, 1.82) is 0 Å². The van der Waals surface area contributed by atoms with Crippen molar-refractivity contribution in [3.05, 3.63) is 0 Å². The van der Waals surface area contributed by atoms with Crippen molar-refractivity contribution < 1.29 is 4.79 Å². The minimum absolute atomic E-state index is 0.202. The van der Waals surface area contributed by atoms with Gasteiger partial charge in [0.15, 0.2) is 0 Å². The van der Waals surface area contributed by atoms with E-state index in [4.69, 9.17) is 0 Å². The van der Waals surface area contributed by atoms with E-state index >= 15 is 0 Å². The molecule has 1 aliphatic heterocycles. The fourth-order valence-electron chi connectivity index (χ4n) is 3.24. The highest BCUT2D eigenvalue weighted by molar-refractivity contribution is 5.80. The first-order valence-corrected chi connectivity index (χ1v) is 8.18. The zero-order valence-electron chi connectivity index (χ0n) is 14.4. The average molecular weight is 269 g/mol. The van der Waals surface area contributed by atoms with E-state index in [1.807, 2.05) is 13.8 Å². The predicted molar refractivity (Wildman–Crippen MR) is 84.1 cm³/mol. The van der Waals surface area contributed by atoms with Crippen molar-refractivity contribution in [3.63, 3.8) is 0 Å². The number of hydrogen-bond acceptors (Lipinski definition) is 1. The zero-order valence-corrected chi connectivity index (χ0v) is 14.4. The molecule has 1 aliphatic rings. The highest BCUT2D eigenvalue weighted by Gasteiger charge is 2.36. The van der Waals surface area contributed by atoms with Crippen LogP contribution in [-0.4, -0.2) is 23.4 Å². The molecule has 3 unspecified atom stereocenters. The fourth-order valence-corrected chi connectivity index (χ4v) is 3.24. The van der Waals surface area contributed by atoms with Crippen LogP contribution < -0.4 is 0 Å². The van der Waals surface area contributed by atoms with E-state index in [-0.39, 0.29) is 5.92 Å². The number of nitrogens with zero attached hydrogens (tertiary/aromatic N) is 1. The molecule has 1 saturated heterocycles. The molecule has 0 aromatic heterocycles. The maximum absolute atomic E-state index is 12.7. The summed E-state index contributed by atoms with van der Waals surface area (Å²) in [5.41, 5.74) is 0. The van der Waals surface area contributed by atoms with Crippen molar-refractivity contribution in [2.45, 2.75) is 74.3 Å². The predicted octanol–water partition coefficient (Wildman–Crippen LogP) is 4.59. The largest absolute Gasteiger partial charge is 0.339 e. The molecule has 0 radical (unpaired) electrons. The quantitative estimate of drug-likeness (QED) is 0.731. The molecule has 0 aromatic rings. The lowest BCUT2D eigenvalue weighted by molar-refractivity contribution is -0.139. The summed E-state index contributed by atoms with van der Waals surface area (Å²) in [6.07, 6.45) is 2.25. The van der Waals surface area contributed by atoms with Crippen LogP contribution in [0.4, 0.5) is 0 Å². The van der Waals surface area contributed by atoms with Gasteiger partial charge in [0.05, 0.1) is 0 Å². The standard InChI is InChI=1S/C15H29NO.C2H6/c1-7-12(5)14(10(2)3)15(17)16-9-11(4)8-13(16)6;1-2/h10-14H,7-9H2,1-6H3;1-2H3/t11?,12?,13-,14?;/m1./s1. The molecule has 0 aliphatic carbocycles. The summed E-state index contributed by atoms with van der Waals surface area (Å²) in [5.74, 6) is 2.20. The lowest BCUT2D eigenvalue weighted by Crippen LogP contribution is -2.42. The maximum atomic E-state index is 12.7. The van der Waals surface area contributed by atoms with Crippen LogP contribution in [-0.2, 0) is 4.79 Å². The van der Waals surface area contributed by atoms with Crippen LogP contribution >= 0.6 is 0 Å². The Bertz CT molecular complexity index is 262. The summed E-state index contributed by atoms with van der Waals surface area (Å²) in [6.45, 7) is 18.2. The summed E-state index contributed by atoms with van der Waals surface area (Å²) in [7, 11) is 0. The molecule has 0 bridgehead atoms. The van der Waals surface area contributed by atoms with Crippen molar-refractivity contribution in [3.8, 4) is 0 Å². The van der Waals surface area contributed by atoms with Crippen molar-refractivity contribution in [2.75, 3.05) is 6.54 Å². The van der Waals surface area contributed by atoms with E-state index in [2.05, 4.69) is 46.4 Å². The van der Waals surface area contributed by atoms with Gasteiger partial charge < -0.3 is 4.90 Å². The number of hydrogen-bond donors (Lipinski definition) is 0. The molecule has 0 aromatic carbocycles. The molecule has 0 saturated carbocycles.